The molecule has 0 bridgehead atoms. The minimum absolute atomic E-state index is 0.0517. The monoisotopic (exact) mass is 410 g/mol. The van der Waals surface area contributed by atoms with Crippen LogP contribution in [0, 0.1) is 0 Å². The van der Waals surface area contributed by atoms with Gasteiger partial charge in [-0.15, -0.1) is 0 Å². The summed E-state index contributed by atoms with van der Waals surface area (Å²) in [5.74, 6) is -1.25. The van der Waals surface area contributed by atoms with Crippen molar-refractivity contribution in [3.05, 3.63) is 59.1 Å². The lowest BCUT2D eigenvalue weighted by molar-refractivity contribution is -0.123. The van der Waals surface area contributed by atoms with E-state index in [9.17, 15) is 18.0 Å². The van der Waals surface area contributed by atoms with Crippen LogP contribution >= 0.6 is 11.6 Å². The van der Waals surface area contributed by atoms with E-state index in [2.05, 4.69) is 5.32 Å². The second-order valence-electron chi connectivity index (χ2n) is 5.86. The molecule has 2 rings (SSSR count). The van der Waals surface area contributed by atoms with E-state index < -0.39 is 28.0 Å². The first-order chi connectivity index (χ1) is 12.6. The predicted octanol–water partition coefficient (Wildman–Crippen LogP) is 2.77. The highest BCUT2D eigenvalue weighted by Gasteiger charge is 2.21. The number of ether oxygens (including phenoxy) is 1. The highest BCUT2D eigenvalue weighted by molar-refractivity contribution is 7.89. The molecule has 0 radical (unpaired) electrons. The summed E-state index contributed by atoms with van der Waals surface area (Å²) in [7, 11) is -0.759. The number of hydrogen-bond acceptors (Lipinski definition) is 5. The van der Waals surface area contributed by atoms with Crippen LogP contribution in [0.1, 0.15) is 17.3 Å². The average Bonchev–Trinajstić information content (AvgIpc) is 2.61. The third-order valence-corrected chi connectivity index (χ3v) is 5.68. The smallest absolute Gasteiger partial charge is 0.338 e. The van der Waals surface area contributed by atoms with Gasteiger partial charge in [-0.3, -0.25) is 4.79 Å². The van der Waals surface area contributed by atoms with Crippen LogP contribution in [0.25, 0.3) is 0 Å². The lowest BCUT2D eigenvalue weighted by Crippen LogP contribution is -2.30. The Kier molecular flexibility index (Phi) is 6.59. The minimum atomic E-state index is -3.59. The van der Waals surface area contributed by atoms with Gasteiger partial charge in [-0.25, -0.2) is 17.5 Å². The molecule has 1 amide bonds. The lowest BCUT2D eigenvalue weighted by Gasteiger charge is -2.14. The molecular formula is C18H19ClN2O5S. The summed E-state index contributed by atoms with van der Waals surface area (Å²) in [6.45, 7) is 1.43. The molecule has 1 atom stereocenters. The number of halogens is 1. The normalized spacial score (nSPS) is 12.5. The van der Waals surface area contributed by atoms with Crippen molar-refractivity contribution in [2.75, 3.05) is 19.4 Å². The molecule has 2 aromatic carbocycles. The van der Waals surface area contributed by atoms with Crippen molar-refractivity contribution in [1.82, 2.24) is 4.31 Å². The summed E-state index contributed by atoms with van der Waals surface area (Å²) in [5, 5.41) is 3.06. The van der Waals surface area contributed by atoms with Crippen molar-refractivity contribution in [2.45, 2.75) is 17.9 Å². The summed E-state index contributed by atoms with van der Waals surface area (Å²) >= 11 is 5.85. The van der Waals surface area contributed by atoms with E-state index in [4.69, 9.17) is 16.3 Å². The Morgan fingerprint density at radius 1 is 1.11 bits per heavy atom. The zero-order valence-corrected chi connectivity index (χ0v) is 16.5. The van der Waals surface area contributed by atoms with Gasteiger partial charge in [0.25, 0.3) is 5.91 Å². The largest absolute Gasteiger partial charge is 0.449 e. The van der Waals surface area contributed by atoms with Gasteiger partial charge in [-0.05, 0) is 49.4 Å². The number of sulfonamides is 1. The van der Waals surface area contributed by atoms with Crippen LogP contribution in [0.15, 0.2) is 53.4 Å². The van der Waals surface area contributed by atoms with Gasteiger partial charge in [0.1, 0.15) is 0 Å². The Bertz CT molecular complexity index is 942. The van der Waals surface area contributed by atoms with E-state index >= 15 is 0 Å². The highest BCUT2D eigenvalue weighted by Crippen LogP contribution is 2.17. The minimum Gasteiger partial charge on any atom is -0.449 e. The number of anilines is 1. The van der Waals surface area contributed by atoms with Crippen LogP contribution in [0.4, 0.5) is 5.69 Å². The molecule has 0 fully saturated rings. The van der Waals surface area contributed by atoms with Gasteiger partial charge in [-0.2, -0.15) is 0 Å². The van der Waals surface area contributed by atoms with E-state index in [-0.39, 0.29) is 10.5 Å². The summed E-state index contributed by atoms with van der Waals surface area (Å²) in [6, 6.07) is 11.9. The van der Waals surface area contributed by atoms with E-state index in [0.717, 1.165) is 4.31 Å². The van der Waals surface area contributed by atoms with Gasteiger partial charge >= 0.3 is 5.97 Å². The topological polar surface area (TPSA) is 92.8 Å². The number of benzene rings is 2. The van der Waals surface area contributed by atoms with Gasteiger partial charge in [0.2, 0.25) is 10.0 Å². The predicted molar refractivity (Wildman–Crippen MR) is 102 cm³/mol. The Morgan fingerprint density at radius 2 is 1.74 bits per heavy atom. The maximum absolute atomic E-state index is 12.2. The molecule has 0 unspecified atom stereocenters. The summed E-state index contributed by atoms with van der Waals surface area (Å²) in [5.41, 5.74) is 0.615. The Labute approximate surface area is 162 Å². The molecule has 0 saturated carbocycles. The number of esters is 1. The molecule has 144 valence electrons. The second-order valence-corrected chi connectivity index (χ2v) is 8.45. The number of nitrogens with one attached hydrogen (secondary N) is 1. The summed E-state index contributed by atoms with van der Waals surface area (Å²) in [4.78, 5) is 24.4. The van der Waals surface area contributed by atoms with Crippen molar-refractivity contribution in [3.63, 3.8) is 0 Å². The second kappa shape index (κ2) is 8.51. The Morgan fingerprint density at radius 3 is 2.30 bits per heavy atom. The van der Waals surface area contributed by atoms with E-state index in [1.807, 2.05) is 0 Å². The lowest BCUT2D eigenvalue weighted by atomic mass is 10.2. The molecule has 0 saturated heterocycles. The van der Waals surface area contributed by atoms with Crippen molar-refractivity contribution in [1.29, 1.82) is 0 Å². The van der Waals surface area contributed by atoms with Gasteiger partial charge in [0.15, 0.2) is 6.10 Å². The third-order valence-electron chi connectivity index (χ3n) is 3.61. The molecule has 7 nitrogen and oxygen atoms in total. The molecule has 1 N–H and O–H groups in total. The summed E-state index contributed by atoms with van der Waals surface area (Å²) in [6.07, 6.45) is -1.05. The molecule has 0 heterocycles. The molecule has 9 heteroatoms. The molecule has 0 spiro atoms. The first-order valence-electron chi connectivity index (χ1n) is 7.91. The highest BCUT2D eigenvalue weighted by atomic mass is 35.5. The number of nitrogens with zero attached hydrogens (tertiary/aromatic N) is 1. The standard InChI is InChI=1S/C18H19ClN2O5S/c1-12(17(22)20-15-6-4-5-14(19)11-15)26-18(23)13-7-9-16(10-8-13)27(24,25)21(2)3/h4-12H,1-3H3,(H,20,22)/t12-/m1/s1. The average molecular weight is 411 g/mol. The molecular weight excluding hydrogens is 392 g/mol. The number of rotatable bonds is 6. The number of amides is 1. The molecule has 27 heavy (non-hydrogen) atoms. The third kappa shape index (κ3) is 5.29. The Balaban J connectivity index is 2.02. The Hall–Kier alpha value is -2.42. The van der Waals surface area contributed by atoms with Gasteiger partial charge in [0.05, 0.1) is 10.5 Å². The van der Waals surface area contributed by atoms with Gasteiger partial charge < -0.3 is 10.1 Å². The van der Waals surface area contributed by atoms with Crippen molar-refractivity contribution in [2.24, 2.45) is 0 Å². The number of hydrogen-bond donors (Lipinski definition) is 1. The van der Waals surface area contributed by atoms with Crippen LogP contribution in [-0.2, 0) is 19.6 Å². The molecule has 0 aliphatic carbocycles. The maximum atomic E-state index is 12.2. The first kappa shape index (κ1) is 20.9. The summed E-state index contributed by atoms with van der Waals surface area (Å²) < 4.78 is 30.3. The first-order valence-corrected chi connectivity index (χ1v) is 9.73. The molecule has 0 aromatic heterocycles. The SMILES string of the molecule is C[C@@H](OC(=O)c1ccc(S(=O)(=O)N(C)C)cc1)C(=O)Nc1cccc(Cl)c1. The fourth-order valence-corrected chi connectivity index (χ4v) is 3.16. The molecule has 0 aliphatic rings. The van der Waals surface area contributed by atoms with Crippen LogP contribution in [0.2, 0.25) is 5.02 Å². The van der Waals surface area contributed by atoms with E-state index in [1.165, 1.54) is 45.3 Å². The number of carbonyl (C=O) groups is 2. The van der Waals surface area contributed by atoms with Crippen LogP contribution in [-0.4, -0.2) is 44.8 Å². The van der Waals surface area contributed by atoms with Gasteiger partial charge in [0, 0.05) is 24.8 Å². The van der Waals surface area contributed by atoms with Crippen LogP contribution < -0.4 is 5.32 Å². The molecule has 0 aliphatic heterocycles. The van der Waals surface area contributed by atoms with E-state index in [1.54, 1.807) is 24.3 Å². The van der Waals surface area contributed by atoms with Crippen LogP contribution in [0.5, 0.6) is 0 Å². The quantitative estimate of drug-likeness (QED) is 0.739. The maximum Gasteiger partial charge on any atom is 0.338 e. The van der Waals surface area contributed by atoms with Crippen molar-refractivity contribution < 1.29 is 22.7 Å². The van der Waals surface area contributed by atoms with Crippen LogP contribution in [0.3, 0.4) is 0 Å². The van der Waals surface area contributed by atoms with Crippen molar-refractivity contribution >= 4 is 39.2 Å². The molecule has 2 aromatic rings. The number of carbonyl (C=O) groups excluding carboxylic acids is 2. The fraction of sp³-hybridized carbons (Fsp3) is 0.222. The van der Waals surface area contributed by atoms with E-state index in [0.29, 0.717) is 10.7 Å². The fourth-order valence-electron chi connectivity index (χ4n) is 2.07. The van der Waals surface area contributed by atoms with Crippen molar-refractivity contribution in [3.8, 4) is 0 Å². The zero-order chi connectivity index (χ0) is 20.2. The van der Waals surface area contributed by atoms with Gasteiger partial charge in [-0.1, -0.05) is 17.7 Å². The zero-order valence-electron chi connectivity index (χ0n) is 15.0.